The van der Waals surface area contributed by atoms with Crippen LogP contribution in [0.15, 0.2) is 30.3 Å². The van der Waals surface area contributed by atoms with Gasteiger partial charge in [0.25, 0.3) is 0 Å². The van der Waals surface area contributed by atoms with E-state index in [0.717, 1.165) is 30.6 Å². The molecule has 0 unspecified atom stereocenters. The first kappa shape index (κ1) is 22.1. The fourth-order valence-corrected chi connectivity index (χ4v) is 7.18. The second kappa shape index (κ2) is 8.57. The smallest absolute Gasteiger partial charge is 0.318 e. The molecule has 2 aromatic rings. The number of carbonyl (C=O) groups excluding carboxylic acids is 1. The van der Waals surface area contributed by atoms with Gasteiger partial charge in [-0.3, -0.25) is 0 Å². The van der Waals surface area contributed by atoms with Crippen molar-refractivity contribution in [2.45, 2.75) is 42.1 Å². The highest BCUT2D eigenvalue weighted by atomic mass is 32.2. The number of anilines is 2. The molecule has 33 heavy (non-hydrogen) atoms. The van der Waals surface area contributed by atoms with Crippen molar-refractivity contribution in [1.82, 2.24) is 15.3 Å². The first-order valence-electron chi connectivity index (χ1n) is 11.5. The summed E-state index contributed by atoms with van der Waals surface area (Å²) in [6.07, 6.45) is 3.61. The maximum Gasteiger partial charge on any atom is 0.318 e. The fourth-order valence-electron chi connectivity index (χ4n) is 4.53. The zero-order chi connectivity index (χ0) is 23.1. The Labute approximate surface area is 193 Å². The van der Waals surface area contributed by atoms with E-state index >= 15 is 0 Å². The molecule has 1 aromatic carbocycles. The number of rotatable bonds is 6. The van der Waals surface area contributed by atoms with Crippen LogP contribution in [-0.2, 0) is 19.3 Å². The first-order chi connectivity index (χ1) is 15.9. The highest BCUT2D eigenvalue weighted by Gasteiger charge is 2.57. The number of morpholine rings is 1. The second-order valence-corrected chi connectivity index (χ2v) is 11.4. The molecule has 1 aliphatic heterocycles. The molecule has 0 spiro atoms. The summed E-state index contributed by atoms with van der Waals surface area (Å²) >= 11 is 0. The minimum absolute atomic E-state index is 0.238. The van der Waals surface area contributed by atoms with Crippen molar-refractivity contribution in [3.05, 3.63) is 36.0 Å². The lowest BCUT2D eigenvalue weighted by Crippen LogP contribution is -2.45. The lowest BCUT2D eigenvalue weighted by molar-refractivity contribution is 0.122. The fraction of sp³-hybridized carbons (Fsp3) is 0.522. The molecule has 0 atom stereocenters. The van der Waals surface area contributed by atoms with Crippen LogP contribution in [0.3, 0.4) is 0 Å². The van der Waals surface area contributed by atoms with Crippen molar-refractivity contribution in [1.29, 1.82) is 0 Å². The van der Waals surface area contributed by atoms with Gasteiger partial charge in [0.1, 0.15) is 10.6 Å². The molecular formula is C23H29N5O4S. The molecule has 0 bridgehead atoms. The van der Waals surface area contributed by atoms with Crippen LogP contribution in [0.4, 0.5) is 16.3 Å². The van der Waals surface area contributed by atoms with Crippen molar-refractivity contribution in [2.24, 2.45) is 0 Å². The van der Waals surface area contributed by atoms with Crippen LogP contribution in [0.25, 0.3) is 11.4 Å². The molecule has 2 amide bonds. The Bertz CT molecular complexity index is 1140. The Morgan fingerprint density at radius 3 is 2.39 bits per heavy atom. The van der Waals surface area contributed by atoms with Gasteiger partial charge in [-0.2, -0.15) is 0 Å². The largest absolute Gasteiger partial charge is 0.378 e. The van der Waals surface area contributed by atoms with E-state index in [9.17, 15) is 13.2 Å². The SMILES string of the molecule is CNC(=O)Nc1ccc(-c2nc(N3CCOCC3)cc(C3(S(=O)(=O)C4CC4)CCC3)n2)cc1. The molecule has 2 heterocycles. The summed E-state index contributed by atoms with van der Waals surface area (Å²) in [5.41, 5.74) is 2.03. The number of ether oxygens (including phenoxy) is 1. The van der Waals surface area contributed by atoms with Crippen LogP contribution in [0.2, 0.25) is 0 Å². The number of nitrogens with zero attached hydrogens (tertiary/aromatic N) is 3. The second-order valence-electron chi connectivity index (χ2n) is 8.91. The summed E-state index contributed by atoms with van der Waals surface area (Å²) in [7, 11) is -1.74. The molecule has 2 saturated carbocycles. The number of carbonyl (C=O) groups is 1. The van der Waals surface area contributed by atoms with Crippen molar-refractivity contribution in [2.75, 3.05) is 43.6 Å². The quantitative estimate of drug-likeness (QED) is 0.666. The van der Waals surface area contributed by atoms with E-state index < -0.39 is 14.6 Å². The molecule has 3 fully saturated rings. The van der Waals surface area contributed by atoms with Crippen LogP contribution in [0.1, 0.15) is 37.8 Å². The number of hydrogen-bond acceptors (Lipinski definition) is 7. The van der Waals surface area contributed by atoms with E-state index in [1.54, 1.807) is 19.2 Å². The van der Waals surface area contributed by atoms with E-state index in [2.05, 4.69) is 15.5 Å². The van der Waals surface area contributed by atoms with Crippen LogP contribution >= 0.6 is 0 Å². The predicted molar refractivity (Wildman–Crippen MR) is 126 cm³/mol. The average molecular weight is 472 g/mol. The summed E-state index contributed by atoms with van der Waals surface area (Å²) in [6, 6.07) is 8.85. The molecule has 2 aliphatic carbocycles. The van der Waals surface area contributed by atoms with Crippen LogP contribution < -0.4 is 15.5 Å². The third-order valence-electron chi connectivity index (χ3n) is 6.81. The van der Waals surface area contributed by atoms with Crippen molar-refractivity contribution >= 4 is 27.4 Å². The Hall–Kier alpha value is -2.72. The average Bonchev–Trinajstić information content (AvgIpc) is 3.65. The van der Waals surface area contributed by atoms with Gasteiger partial charge in [-0.05, 0) is 56.4 Å². The summed E-state index contributed by atoms with van der Waals surface area (Å²) in [4.78, 5) is 23.4. The van der Waals surface area contributed by atoms with E-state index in [-0.39, 0.29) is 11.3 Å². The van der Waals surface area contributed by atoms with Gasteiger partial charge in [-0.25, -0.2) is 23.2 Å². The van der Waals surface area contributed by atoms with E-state index in [1.807, 2.05) is 18.2 Å². The van der Waals surface area contributed by atoms with Gasteiger partial charge in [0, 0.05) is 37.5 Å². The third-order valence-corrected chi connectivity index (χ3v) is 9.87. The topological polar surface area (TPSA) is 114 Å². The predicted octanol–water partition coefficient (Wildman–Crippen LogP) is 2.69. The number of nitrogens with one attached hydrogen (secondary N) is 2. The Balaban J connectivity index is 1.56. The number of amides is 2. The van der Waals surface area contributed by atoms with Crippen molar-refractivity contribution in [3.8, 4) is 11.4 Å². The number of aromatic nitrogens is 2. The maximum atomic E-state index is 13.5. The molecule has 1 saturated heterocycles. The number of urea groups is 1. The zero-order valence-corrected chi connectivity index (χ0v) is 19.5. The van der Waals surface area contributed by atoms with Gasteiger partial charge in [0.2, 0.25) is 0 Å². The third kappa shape index (κ3) is 4.06. The van der Waals surface area contributed by atoms with Crippen molar-refractivity contribution < 1.29 is 17.9 Å². The molecule has 2 N–H and O–H groups in total. The van der Waals surface area contributed by atoms with Gasteiger partial charge in [0.05, 0.1) is 24.2 Å². The number of benzene rings is 1. The van der Waals surface area contributed by atoms with Crippen LogP contribution in [0, 0.1) is 0 Å². The minimum atomic E-state index is -3.30. The lowest BCUT2D eigenvalue weighted by Gasteiger charge is -2.41. The van der Waals surface area contributed by atoms with Gasteiger partial charge < -0.3 is 20.3 Å². The van der Waals surface area contributed by atoms with Gasteiger partial charge in [-0.1, -0.05) is 0 Å². The molecule has 0 radical (unpaired) electrons. The van der Waals surface area contributed by atoms with Gasteiger partial charge >= 0.3 is 6.03 Å². The summed E-state index contributed by atoms with van der Waals surface area (Å²) in [6.45, 7) is 2.63. The van der Waals surface area contributed by atoms with Crippen LogP contribution in [0.5, 0.6) is 0 Å². The standard InChI is InChI=1S/C23H29N5O4S/c1-24-22(29)25-17-5-3-16(4-6-17)21-26-19(15-20(27-21)28-11-13-32-14-12-28)23(9-2-10-23)33(30,31)18-7-8-18/h3-6,15,18H,2,7-14H2,1H3,(H2,24,25,29). The highest BCUT2D eigenvalue weighted by molar-refractivity contribution is 7.93. The number of hydrogen-bond donors (Lipinski definition) is 2. The molecule has 176 valence electrons. The Kier molecular flexibility index (Phi) is 5.74. The molecule has 5 rings (SSSR count). The Morgan fingerprint density at radius 1 is 1.12 bits per heavy atom. The molecule has 9 nitrogen and oxygen atoms in total. The molecule has 10 heteroatoms. The lowest BCUT2D eigenvalue weighted by atomic mass is 9.81. The zero-order valence-electron chi connectivity index (χ0n) is 18.7. The first-order valence-corrected chi connectivity index (χ1v) is 13.0. The van der Waals surface area contributed by atoms with Gasteiger partial charge in [0.15, 0.2) is 15.7 Å². The van der Waals surface area contributed by atoms with Crippen LogP contribution in [-0.4, -0.2) is 63.0 Å². The monoisotopic (exact) mass is 471 g/mol. The molecule has 3 aliphatic rings. The molecular weight excluding hydrogens is 442 g/mol. The van der Waals surface area contributed by atoms with Gasteiger partial charge in [-0.15, -0.1) is 0 Å². The van der Waals surface area contributed by atoms with E-state index in [4.69, 9.17) is 14.7 Å². The normalized spacial score (nSPS) is 20.1. The summed E-state index contributed by atoms with van der Waals surface area (Å²) < 4.78 is 31.5. The minimum Gasteiger partial charge on any atom is -0.378 e. The highest BCUT2D eigenvalue weighted by Crippen LogP contribution is 2.53. The summed E-state index contributed by atoms with van der Waals surface area (Å²) in [5, 5.41) is 5.02. The number of sulfone groups is 1. The van der Waals surface area contributed by atoms with E-state index in [1.165, 1.54) is 0 Å². The summed E-state index contributed by atoms with van der Waals surface area (Å²) in [5.74, 6) is 1.24. The van der Waals surface area contributed by atoms with Crippen molar-refractivity contribution in [3.63, 3.8) is 0 Å². The maximum absolute atomic E-state index is 13.5. The Morgan fingerprint density at radius 2 is 1.82 bits per heavy atom. The van der Waals surface area contributed by atoms with E-state index in [0.29, 0.717) is 56.4 Å². The molecule has 1 aromatic heterocycles.